The summed E-state index contributed by atoms with van der Waals surface area (Å²) in [4.78, 5) is 14.1. The van der Waals surface area contributed by atoms with Crippen molar-refractivity contribution in [3.05, 3.63) is 35.9 Å². The number of carbonyl (C=O) groups excluding carboxylic acids is 1. The summed E-state index contributed by atoms with van der Waals surface area (Å²) in [6.45, 7) is 3.97. The van der Waals surface area contributed by atoms with Gasteiger partial charge in [0.2, 0.25) is 0 Å². The number of likely N-dealkylation sites (tertiary alicyclic amines) is 1. The minimum absolute atomic E-state index is 0.237. The summed E-state index contributed by atoms with van der Waals surface area (Å²) in [5.41, 5.74) is 1.22. The van der Waals surface area contributed by atoms with Crippen molar-refractivity contribution in [3.8, 4) is 0 Å². The molecule has 2 rings (SSSR count). The first-order valence-electron chi connectivity index (χ1n) is 6.28. The molecule has 0 spiro atoms. The lowest BCUT2D eigenvalue weighted by Crippen LogP contribution is -2.33. The van der Waals surface area contributed by atoms with Gasteiger partial charge in [-0.1, -0.05) is 42.1 Å². The molecule has 0 bridgehead atoms. The summed E-state index contributed by atoms with van der Waals surface area (Å²) < 4.78 is 0. The number of hydrogen-bond acceptors (Lipinski definition) is 2. The minimum Gasteiger partial charge on any atom is -0.334 e. The van der Waals surface area contributed by atoms with Crippen LogP contribution in [0.25, 0.3) is 0 Å². The van der Waals surface area contributed by atoms with E-state index in [0.29, 0.717) is 0 Å². The molecule has 1 atom stereocenters. The van der Waals surface area contributed by atoms with E-state index in [2.05, 4.69) is 19.1 Å². The lowest BCUT2D eigenvalue weighted by atomic mass is 10.1. The van der Waals surface area contributed by atoms with Crippen LogP contribution in [0.2, 0.25) is 0 Å². The van der Waals surface area contributed by atoms with Crippen LogP contribution in [0.15, 0.2) is 30.3 Å². The van der Waals surface area contributed by atoms with Gasteiger partial charge in [-0.25, -0.2) is 0 Å². The second-order valence-corrected chi connectivity index (χ2v) is 5.78. The zero-order valence-electron chi connectivity index (χ0n) is 10.3. The third-order valence-corrected chi connectivity index (χ3v) is 4.25. The summed E-state index contributed by atoms with van der Waals surface area (Å²) in [6, 6.07) is 10.2. The molecular weight excluding hydrogens is 230 g/mol. The maximum absolute atomic E-state index is 12.1. The molecule has 17 heavy (non-hydrogen) atoms. The molecule has 0 aromatic heterocycles. The fourth-order valence-electron chi connectivity index (χ4n) is 2.09. The van der Waals surface area contributed by atoms with Crippen molar-refractivity contribution in [1.29, 1.82) is 0 Å². The number of amides is 1. The predicted molar refractivity (Wildman–Crippen MR) is 73.3 cm³/mol. The number of hydrogen-bond donors (Lipinski definition) is 0. The Hall–Kier alpha value is -0.960. The smallest absolute Gasteiger partial charge is 0.282 e. The van der Waals surface area contributed by atoms with Crippen molar-refractivity contribution < 1.29 is 4.79 Å². The molecule has 1 fully saturated rings. The molecule has 0 N–H and O–H groups in total. The van der Waals surface area contributed by atoms with Gasteiger partial charge in [0, 0.05) is 18.3 Å². The fourth-order valence-corrected chi connectivity index (χ4v) is 3.02. The molecule has 3 heteroatoms. The Labute approximate surface area is 107 Å². The molecule has 1 aliphatic rings. The van der Waals surface area contributed by atoms with Crippen LogP contribution in [-0.2, 0) is 0 Å². The van der Waals surface area contributed by atoms with Gasteiger partial charge >= 0.3 is 0 Å². The quantitative estimate of drug-likeness (QED) is 0.787. The van der Waals surface area contributed by atoms with Crippen LogP contribution in [0.1, 0.15) is 37.0 Å². The molecule has 1 amide bonds. The van der Waals surface area contributed by atoms with E-state index in [1.807, 2.05) is 23.1 Å². The molecule has 1 saturated heterocycles. The zero-order valence-corrected chi connectivity index (χ0v) is 11.1. The van der Waals surface area contributed by atoms with E-state index in [1.165, 1.54) is 23.7 Å². The highest BCUT2D eigenvalue weighted by Gasteiger charge is 2.19. The van der Waals surface area contributed by atoms with Crippen LogP contribution >= 0.6 is 11.8 Å². The van der Waals surface area contributed by atoms with Gasteiger partial charge in [-0.15, -0.1) is 0 Å². The van der Waals surface area contributed by atoms with Gasteiger partial charge in [0.1, 0.15) is 0 Å². The third kappa shape index (κ3) is 3.50. The van der Waals surface area contributed by atoms with Crippen molar-refractivity contribution >= 4 is 17.0 Å². The molecular formula is C14H19NOS. The van der Waals surface area contributed by atoms with Crippen LogP contribution in [0.5, 0.6) is 0 Å². The average Bonchev–Trinajstić information content (AvgIpc) is 2.40. The van der Waals surface area contributed by atoms with Crippen LogP contribution in [0.4, 0.5) is 4.79 Å². The molecule has 1 aliphatic heterocycles. The maximum Gasteiger partial charge on any atom is 0.282 e. The lowest BCUT2D eigenvalue weighted by Gasteiger charge is -2.27. The van der Waals surface area contributed by atoms with Gasteiger partial charge in [-0.2, -0.15) is 0 Å². The second kappa shape index (κ2) is 6.10. The highest BCUT2D eigenvalue weighted by Crippen LogP contribution is 2.30. The van der Waals surface area contributed by atoms with Crippen molar-refractivity contribution in [3.63, 3.8) is 0 Å². The first-order valence-corrected chi connectivity index (χ1v) is 7.16. The van der Waals surface area contributed by atoms with Crippen molar-refractivity contribution in [1.82, 2.24) is 4.90 Å². The molecule has 1 heterocycles. The SMILES string of the molecule is CC(SC(=O)N1CCCCC1)c1ccccc1. The molecule has 1 aromatic carbocycles. The van der Waals surface area contributed by atoms with E-state index in [9.17, 15) is 4.79 Å². The van der Waals surface area contributed by atoms with E-state index >= 15 is 0 Å². The van der Waals surface area contributed by atoms with Gasteiger partial charge < -0.3 is 4.90 Å². The Bertz CT molecular complexity index is 360. The van der Waals surface area contributed by atoms with E-state index < -0.39 is 0 Å². The highest BCUT2D eigenvalue weighted by molar-refractivity contribution is 8.13. The summed E-state index contributed by atoms with van der Waals surface area (Å²) in [6.07, 6.45) is 3.58. The summed E-state index contributed by atoms with van der Waals surface area (Å²) in [7, 11) is 0. The Kier molecular flexibility index (Phi) is 4.49. The normalized spacial score (nSPS) is 17.8. The standard InChI is InChI=1S/C14H19NOS/c1-12(13-8-4-2-5-9-13)17-14(16)15-10-6-3-7-11-15/h2,4-5,8-9,12H,3,6-7,10-11H2,1H3. The molecule has 92 valence electrons. The van der Waals surface area contributed by atoms with Gasteiger partial charge in [-0.05, 0) is 31.7 Å². The number of piperidine rings is 1. The minimum atomic E-state index is 0.237. The van der Waals surface area contributed by atoms with Crippen molar-refractivity contribution in [2.24, 2.45) is 0 Å². The summed E-state index contributed by atoms with van der Waals surface area (Å²) in [5, 5.41) is 0.478. The van der Waals surface area contributed by atoms with Gasteiger partial charge in [0.15, 0.2) is 0 Å². The lowest BCUT2D eigenvalue weighted by molar-refractivity contribution is 0.211. The molecule has 1 unspecified atom stereocenters. The zero-order chi connectivity index (χ0) is 12.1. The number of nitrogens with zero attached hydrogens (tertiary/aromatic N) is 1. The van der Waals surface area contributed by atoms with Gasteiger partial charge in [0.05, 0.1) is 0 Å². The molecule has 0 saturated carbocycles. The third-order valence-electron chi connectivity index (χ3n) is 3.16. The van der Waals surface area contributed by atoms with E-state index in [1.54, 1.807) is 0 Å². The number of rotatable bonds is 2. The summed E-state index contributed by atoms with van der Waals surface area (Å²) >= 11 is 1.45. The van der Waals surface area contributed by atoms with E-state index in [4.69, 9.17) is 0 Å². The van der Waals surface area contributed by atoms with Crippen LogP contribution in [-0.4, -0.2) is 23.2 Å². The topological polar surface area (TPSA) is 20.3 Å². The Balaban J connectivity index is 1.89. The van der Waals surface area contributed by atoms with Crippen LogP contribution in [0.3, 0.4) is 0 Å². The highest BCUT2D eigenvalue weighted by atomic mass is 32.2. The monoisotopic (exact) mass is 249 g/mol. The van der Waals surface area contributed by atoms with Crippen molar-refractivity contribution in [2.45, 2.75) is 31.4 Å². The van der Waals surface area contributed by atoms with Gasteiger partial charge in [0.25, 0.3) is 5.24 Å². The first-order chi connectivity index (χ1) is 8.27. The number of benzene rings is 1. The van der Waals surface area contributed by atoms with E-state index in [0.717, 1.165) is 25.9 Å². The van der Waals surface area contributed by atoms with Crippen LogP contribution in [0, 0.1) is 0 Å². The number of thioether (sulfide) groups is 1. The average molecular weight is 249 g/mol. The maximum atomic E-state index is 12.1. The molecule has 1 aromatic rings. The molecule has 2 nitrogen and oxygen atoms in total. The molecule has 0 radical (unpaired) electrons. The predicted octanol–water partition coefficient (Wildman–Crippen LogP) is 4.09. The first kappa shape index (κ1) is 12.5. The molecule has 0 aliphatic carbocycles. The Morgan fingerprint density at radius 2 is 1.82 bits per heavy atom. The van der Waals surface area contributed by atoms with Crippen LogP contribution < -0.4 is 0 Å². The number of carbonyl (C=O) groups is 1. The summed E-state index contributed by atoms with van der Waals surface area (Å²) in [5.74, 6) is 0. The Morgan fingerprint density at radius 3 is 2.47 bits per heavy atom. The second-order valence-electron chi connectivity index (χ2n) is 4.48. The largest absolute Gasteiger partial charge is 0.334 e. The van der Waals surface area contributed by atoms with Gasteiger partial charge in [-0.3, -0.25) is 4.79 Å². The fraction of sp³-hybridized carbons (Fsp3) is 0.500. The van der Waals surface area contributed by atoms with E-state index in [-0.39, 0.29) is 10.5 Å². The van der Waals surface area contributed by atoms with Crippen molar-refractivity contribution in [2.75, 3.05) is 13.1 Å². The Morgan fingerprint density at radius 1 is 1.18 bits per heavy atom.